The van der Waals surface area contributed by atoms with Gasteiger partial charge in [-0.1, -0.05) is 61.5 Å². The van der Waals surface area contributed by atoms with Crippen molar-refractivity contribution in [3.8, 4) is 0 Å². The molecule has 2 N–H and O–H groups in total. The fourth-order valence-electron chi connectivity index (χ4n) is 3.89. The number of cyclic esters (lactones) is 1. The Kier molecular flexibility index (Phi) is 7.40. The second kappa shape index (κ2) is 10.8. The smallest absolute Gasteiger partial charge is 0.411 e. The number of anilines is 1. The van der Waals surface area contributed by atoms with Gasteiger partial charge in [0, 0.05) is 18.7 Å². The molecule has 1 heterocycles. The van der Waals surface area contributed by atoms with E-state index in [0.717, 1.165) is 5.56 Å². The van der Waals surface area contributed by atoms with Gasteiger partial charge in [0.2, 0.25) is 11.8 Å². The van der Waals surface area contributed by atoms with Gasteiger partial charge in [0.25, 0.3) is 0 Å². The maximum atomic E-state index is 13.4. The van der Waals surface area contributed by atoms with Gasteiger partial charge in [-0.3, -0.25) is 14.5 Å². The van der Waals surface area contributed by atoms with Crippen LogP contribution < -0.4 is 10.6 Å². The van der Waals surface area contributed by atoms with Crippen LogP contribution >= 0.6 is 0 Å². The van der Waals surface area contributed by atoms with Crippen LogP contribution in [0.2, 0.25) is 0 Å². The molecule has 1 saturated heterocycles. The summed E-state index contributed by atoms with van der Waals surface area (Å²) in [4.78, 5) is 39.2. The highest BCUT2D eigenvalue weighted by Gasteiger charge is 2.46. The quantitative estimate of drug-likeness (QED) is 0.500. The third-order valence-electron chi connectivity index (χ3n) is 5.77. The van der Waals surface area contributed by atoms with Crippen molar-refractivity contribution < 1.29 is 23.5 Å². The summed E-state index contributed by atoms with van der Waals surface area (Å²) in [6.07, 6.45) is -1.14. The predicted octanol–water partition coefficient (Wildman–Crippen LogP) is 4.55. The Labute approximate surface area is 202 Å². The van der Waals surface area contributed by atoms with E-state index in [1.165, 1.54) is 17.0 Å². The first-order chi connectivity index (χ1) is 16.9. The largest absolute Gasteiger partial charge is 0.438 e. The summed E-state index contributed by atoms with van der Waals surface area (Å²) < 4.78 is 19.0. The highest BCUT2D eigenvalue weighted by atomic mass is 19.1. The molecule has 3 aromatic rings. The van der Waals surface area contributed by atoms with E-state index in [4.69, 9.17) is 4.74 Å². The monoisotopic (exact) mass is 475 g/mol. The fourth-order valence-corrected chi connectivity index (χ4v) is 3.89. The number of nitrogens with one attached hydrogen (secondary N) is 2. The lowest BCUT2D eigenvalue weighted by Gasteiger charge is -2.24. The third-order valence-corrected chi connectivity index (χ3v) is 5.77. The molecule has 3 amide bonds. The molecular weight excluding hydrogens is 449 g/mol. The van der Waals surface area contributed by atoms with Gasteiger partial charge in [-0.2, -0.15) is 0 Å². The average Bonchev–Trinajstić information content (AvgIpc) is 3.20. The minimum absolute atomic E-state index is 0.0870. The van der Waals surface area contributed by atoms with Crippen LogP contribution in [0.4, 0.5) is 14.9 Å². The van der Waals surface area contributed by atoms with Crippen LogP contribution in [0.25, 0.3) is 0 Å². The van der Waals surface area contributed by atoms with E-state index >= 15 is 0 Å². The Hall–Kier alpha value is -4.20. The van der Waals surface area contributed by atoms with E-state index in [0.29, 0.717) is 29.8 Å². The molecule has 2 atom stereocenters. The van der Waals surface area contributed by atoms with E-state index in [9.17, 15) is 18.8 Å². The molecular formula is C27H26FN3O4. The molecule has 35 heavy (non-hydrogen) atoms. The summed E-state index contributed by atoms with van der Waals surface area (Å²) >= 11 is 0. The Balaban J connectivity index is 1.58. The summed E-state index contributed by atoms with van der Waals surface area (Å²) in [5.41, 5.74) is 2.82. The molecule has 8 heteroatoms. The Bertz CT molecular complexity index is 1180. The maximum absolute atomic E-state index is 13.4. The zero-order chi connectivity index (χ0) is 24.8. The first kappa shape index (κ1) is 23.9. The van der Waals surface area contributed by atoms with Crippen molar-refractivity contribution in [2.45, 2.75) is 38.6 Å². The van der Waals surface area contributed by atoms with E-state index < -0.39 is 18.2 Å². The second-order valence-electron chi connectivity index (χ2n) is 8.23. The first-order valence-corrected chi connectivity index (χ1v) is 11.4. The summed E-state index contributed by atoms with van der Waals surface area (Å²) in [5, 5.41) is 5.67. The molecule has 1 aliphatic rings. The third kappa shape index (κ3) is 5.84. The summed E-state index contributed by atoms with van der Waals surface area (Å²) in [6, 6.07) is 21.1. The highest BCUT2D eigenvalue weighted by molar-refractivity contribution is 5.91. The van der Waals surface area contributed by atoms with Crippen molar-refractivity contribution in [1.29, 1.82) is 0 Å². The second-order valence-corrected chi connectivity index (χ2v) is 8.23. The Morgan fingerprint density at radius 2 is 1.63 bits per heavy atom. The summed E-state index contributed by atoms with van der Waals surface area (Å²) in [6.45, 7) is 2.14. The van der Waals surface area contributed by atoms with Gasteiger partial charge in [-0.25, -0.2) is 9.18 Å². The van der Waals surface area contributed by atoms with E-state index in [1.807, 2.05) is 30.3 Å². The lowest BCUT2D eigenvalue weighted by molar-refractivity contribution is -0.126. The standard InChI is InChI=1S/C27H26FN3O4/c1-2-23(32)30-22-14-10-20(11-15-22)25-24(26(33)29-16-18-6-4-3-5-7-18)31(27(34)35-25)17-19-8-12-21(28)13-9-19/h3-15,24-25H,2,16-17H2,1H3,(H,29,33)(H,30,32)/t24-,25-/m0/s1. The van der Waals surface area contributed by atoms with Crippen molar-refractivity contribution in [1.82, 2.24) is 10.2 Å². The number of rotatable bonds is 8. The van der Waals surface area contributed by atoms with E-state index in [2.05, 4.69) is 10.6 Å². The van der Waals surface area contributed by atoms with Crippen LogP contribution in [0.15, 0.2) is 78.9 Å². The number of ether oxygens (including phenoxy) is 1. The molecule has 1 fully saturated rings. The zero-order valence-electron chi connectivity index (χ0n) is 19.2. The maximum Gasteiger partial charge on any atom is 0.411 e. The minimum Gasteiger partial charge on any atom is -0.438 e. The van der Waals surface area contributed by atoms with Crippen molar-refractivity contribution in [3.05, 3.63) is 101 Å². The van der Waals surface area contributed by atoms with Crippen LogP contribution in [-0.2, 0) is 27.4 Å². The fraction of sp³-hybridized carbons (Fsp3) is 0.222. The van der Waals surface area contributed by atoms with Crippen molar-refractivity contribution in [2.24, 2.45) is 0 Å². The molecule has 0 saturated carbocycles. The number of halogens is 1. The van der Waals surface area contributed by atoms with Crippen molar-refractivity contribution >= 4 is 23.6 Å². The Morgan fingerprint density at radius 3 is 2.29 bits per heavy atom. The number of amides is 3. The Morgan fingerprint density at radius 1 is 0.943 bits per heavy atom. The number of hydrogen-bond acceptors (Lipinski definition) is 4. The molecule has 3 aromatic carbocycles. The van der Waals surface area contributed by atoms with Gasteiger partial charge < -0.3 is 15.4 Å². The number of carbonyl (C=O) groups excluding carboxylic acids is 3. The van der Waals surface area contributed by atoms with Crippen LogP contribution in [-0.4, -0.2) is 28.8 Å². The lowest BCUT2D eigenvalue weighted by atomic mass is 10.00. The normalized spacial score (nSPS) is 17.1. The molecule has 0 aromatic heterocycles. The molecule has 7 nitrogen and oxygen atoms in total. The van der Waals surface area contributed by atoms with Gasteiger partial charge >= 0.3 is 6.09 Å². The molecule has 0 aliphatic carbocycles. The lowest BCUT2D eigenvalue weighted by Crippen LogP contribution is -2.46. The van der Waals surface area contributed by atoms with Gasteiger partial charge in [0.05, 0.1) is 6.54 Å². The topological polar surface area (TPSA) is 87.7 Å². The van der Waals surface area contributed by atoms with Crippen LogP contribution in [0, 0.1) is 5.82 Å². The molecule has 0 bridgehead atoms. The summed E-state index contributed by atoms with van der Waals surface area (Å²) in [7, 11) is 0. The van der Waals surface area contributed by atoms with Crippen LogP contribution in [0.5, 0.6) is 0 Å². The van der Waals surface area contributed by atoms with Crippen molar-refractivity contribution in [3.63, 3.8) is 0 Å². The summed E-state index contributed by atoms with van der Waals surface area (Å²) in [5.74, 6) is -0.869. The van der Waals surface area contributed by atoms with Crippen molar-refractivity contribution in [2.75, 3.05) is 5.32 Å². The van der Waals surface area contributed by atoms with E-state index in [1.54, 1.807) is 43.3 Å². The van der Waals surface area contributed by atoms with Crippen LogP contribution in [0.3, 0.4) is 0 Å². The molecule has 0 unspecified atom stereocenters. The van der Waals surface area contributed by atoms with Gasteiger partial charge in [0.15, 0.2) is 12.1 Å². The molecule has 180 valence electrons. The SMILES string of the molecule is CCC(=O)Nc1ccc([C@@H]2OC(=O)N(Cc3ccc(F)cc3)[C@@H]2C(=O)NCc2ccccc2)cc1. The predicted molar refractivity (Wildman–Crippen MR) is 129 cm³/mol. The number of hydrogen-bond donors (Lipinski definition) is 2. The van der Waals surface area contributed by atoms with Crippen LogP contribution in [0.1, 0.15) is 36.1 Å². The molecule has 1 aliphatic heterocycles. The highest BCUT2D eigenvalue weighted by Crippen LogP contribution is 2.34. The zero-order valence-corrected chi connectivity index (χ0v) is 19.2. The van der Waals surface area contributed by atoms with Gasteiger partial charge in [-0.05, 0) is 41.0 Å². The van der Waals surface area contributed by atoms with Gasteiger partial charge in [0.1, 0.15) is 5.82 Å². The molecule has 0 radical (unpaired) electrons. The van der Waals surface area contributed by atoms with E-state index in [-0.39, 0.29) is 24.2 Å². The first-order valence-electron chi connectivity index (χ1n) is 11.4. The number of carbonyl (C=O) groups is 3. The number of nitrogens with zero attached hydrogens (tertiary/aromatic N) is 1. The van der Waals surface area contributed by atoms with Gasteiger partial charge in [-0.15, -0.1) is 0 Å². The number of benzene rings is 3. The molecule has 0 spiro atoms. The average molecular weight is 476 g/mol. The minimum atomic E-state index is -0.938. The molecule has 4 rings (SSSR count).